The Morgan fingerprint density at radius 1 is 0.823 bits per heavy atom. The Hall–Kier alpha value is -3.44. The van der Waals surface area contributed by atoms with Gasteiger partial charge in [-0.2, -0.15) is 0 Å². The number of unbranched alkanes of at least 4 members (excludes halogenated alkanes) is 4. The lowest BCUT2D eigenvalue weighted by Crippen LogP contribution is -2.67. The molecule has 12 heteroatoms. The number of carboxylic acids is 1. The molecule has 11 atom stereocenters. The molecule has 0 unspecified atom stereocenters. The Labute approximate surface area is 371 Å². The maximum absolute atomic E-state index is 14.6. The van der Waals surface area contributed by atoms with Crippen molar-refractivity contribution in [2.45, 2.75) is 190 Å². The van der Waals surface area contributed by atoms with Crippen molar-refractivity contribution in [1.82, 2.24) is 10.6 Å². The Bertz CT molecular complexity index is 1730. The first-order valence-electron chi connectivity index (χ1n) is 23.9. The van der Waals surface area contributed by atoms with E-state index in [0.717, 1.165) is 89.9 Å². The average molecular weight is 868 g/mol. The standard InChI is InChI=1S/C50H81N3O9/c1-31(2)32-21-26-50(43(58)52-29-15-13-11-12-14-16-39(55)53-34(42(57)61-10)18-20-38(51)54)28-27-48(8)33(41(32)50)17-19-36-47(7)24-23-37(62-40(56)30-45(3,4)44(59)60)46(5,6)35(47)22-25-49(36,48)9/h32-37,41H,1,11-30H2,2-10H3,(H2,51,54)(H,52,58)(H,53,55)(H,59,60)/t32-,33+,34+,35-,36+,37-,41+,47-,48+,49+,50-/m0/s1. The van der Waals surface area contributed by atoms with Gasteiger partial charge in [-0.25, -0.2) is 4.79 Å². The molecule has 0 heterocycles. The first-order chi connectivity index (χ1) is 28.9. The fraction of sp³-hybridized carbons (Fsp3) is 0.840. The normalized spacial score (nSPS) is 35.1. The van der Waals surface area contributed by atoms with E-state index in [9.17, 15) is 33.9 Å². The second kappa shape index (κ2) is 19.0. The second-order valence-electron chi connectivity index (χ2n) is 22.5. The van der Waals surface area contributed by atoms with Gasteiger partial charge < -0.3 is 30.9 Å². The molecule has 0 saturated heterocycles. The monoisotopic (exact) mass is 868 g/mol. The smallest absolute Gasteiger partial charge is 0.328 e. The Balaban J connectivity index is 1.19. The summed E-state index contributed by atoms with van der Waals surface area (Å²) in [5.41, 5.74) is 4.88. The van der Waals surface area contributed by atoms with Crippen molar-refractivity contribution in [3.63, 3.8) is 0 Å². The van der Waals surface area contributed by atoms with Crippen LogP contribution in [0.5, 0.6) is 0 Å². The molecule has 5 aliphatic rings. The van der Waals surface area contributed by atoms with Gasteiger partial charge in [0.2, 0.25) is 17.7 Å². The summed E-state index contributed by atoms with van der Waals surface area (Å²) in [7, 11) is 1.24. The number of aliphatic carboxylic acids is 1. The number of carbonyl (C=O) groups excluding carboxylic acids is 5. The largest absolute Gasteiger partial charge is 0.481 e. The lowest BCUT2D eigenvalue weighted by Gasteiger charge is -2.72. The van der Waals surface area contributed by atoms with Gasteiger partial charge in [0.25, 0.3) is 0 Å². The summed E-state index contributed by atoms with van der Waals surface area (Å²) in [6.07, 6.45) is 14.3. The molecule has 0 aliphatic heterocycles. The van der Waals surface area contributed by atoms with Gasteiger partial charge in [-0.05, 0) is 150 Å². The molecular weight excluding hydrogens is 787 g/mol. The Morgan fingerprint density at radius 3 is 2.15 bits per heavy atom. The molecule has 0 aromatic heterocycles. The Morgan fingerprint density at radius 2 is 1.50 bits per heavy atom. The summed E-state index contributed by atoms with van der Waals surface area (Å²) in [5.74, 6) is -0.657. The zero-order chi connectivity index (χ0) is 46.1. The molecule has 62 heavy (non-hydrogen) atoms. The van der Waals surface area contributed by atoms with E-state index in [1.807, 2.05) is 0 Å². The number of esters is 2. The first-order valence-corrected chi connectivity index (χ1v) is 23.9. The summed E-state index contributed by atoms with van der Waals surface area (Å²) in [6, 6.07) is -0.888. The number of methoxy groups -OCH3 is 1. The van der Waals surface area contributed by atoms with Crippen molar-refractivity contribution >= 4 is 35.6 Å². The number of allylic oxidation sites excluding steroid dienone is 1. The minimum Gasteiger partial charge on any atom is -0.481 e. The molecule has 5 fully saturated rings. The van der Waals surface area contributed by atoms with Gasteiger partial charge in [-0.1, -0.05) is 66.0 Å². The lowest BCUT2D eigenvalue weighted by molar-refractivity contribution is -0.249. The summed E-state index contributed by atoms with van der Waals surface area (Å²) in [6.45, 7) is 22.7. The molecule has 3 amide bonds. The number of carbonyl (C=O) groups is 6. The molecule has 0 radical (unpaired) electrons. The zero-order valence-electron chi connectivity index (χ0n) is 39.7. The maximum Gasteiger partial charge on any atom is 0.328 e. The molecule has 5 aliphatic carbocycles. The molecular formula is C50H81N3O9. The third-order valence-electron chi connectivity index (χ3n) is 18.3. The number of nitrogens with one attached hydrogen (secondary N) is 2. The highest BCUT2D eigenvalue weighted by molar-refractivity contribution is 5.85. The lowest BCUT2D eigenvalue weighted by atomic mass is 9.32. The van der Waals surface area contributed by atoms with Gasteiger partial charge in [0.1, 0.15) is 12.1 Å². The fourth-order valence-electron chi connectivity index (χ4n) is 14.6. The van der Waals surface area contributed by atoms with Gasteiger partial charge in [-0.3, -0.25) is 24.0 Å². The number of carboxylic acid groups (broad SMARTS) is 1. The quantitative estimate of drug-likeness (QED) is 0.0561. The summed E-state index contributed by atoms with van der Waals surface area (Å²) < 4.78 is 10.9. The van der Waals surface area contributed by atoms with Crippen molar-refractivity contribution < 1.29 is 43.3 Å². The summed E-state index contributed by atoms with van der Waals surface area (Å²) in [4.78, 5) is 75.2. The highest BCUT2D eigenvalue weighted by atomic mass is 16.5. The minimum absolute atomic E-state index is 0.0177. The van der Waals surface area contributed by atoms with Gasteiger partial charge in [-0.15, -0.1) is 0 Å². The van der Waals surface area contributed by atoms with Crippen LogP contribution in [-0.4, -0.2) is 66.5 Å². The molecule has 12 nitrogen and oxygen atoms in total. The highest BCUT2D eigenvalue weighted by Crippen LogP contribution is 2.77. The van der Waals surface area contributed by atoms with E-state index in [1.54, 1.807) is 13.8 Å². The number of amides is 3. The van der Waals surface area contributed by atoms with E-state index in [4.69, 9.17) is 15.2 Å². The van der Waals surface area contributed by atoms with Crippen LogP contribution in [0.15, 0.2) is 12.2 Å². The van der Waals surface area contributed by atoms with Crippen LogP contribution in [0.25, 0.3) is 0 Å². The third-order valence-corrected chi connectivity index (χ3v) is 18.3. The third kappa shape index (κ3) is 9.36. The van der Waals surface area contributed by atoms with Crippen molar-refractivity contribution in [3.8, 4) is 0 Å². The molecule has 5 rings (SSSR count). The molecule has 5 saturated carbocycles. The van der Waals surface area contributed by atoms with Gasteiger partial charge in [0, 0.05) is 24.8 Å². The van der Waals surface area contributed by atoms with E-state index in [2.05, 4.69) is 58.8 Å². The molecule has 350 valence electrons. The maximum atomic E-state index is 14.6. The minimum atomic E-state index is -1.17. The predicted molar refractivity (Wildman–Crippen MR) is 238 cm³/mol. The number of fused-ring (bicyclic) bond motifs is 7. The van der Waals surface area contributed by atoms with Gasteiger partial charge in [0.05, 0.1) is 24.4 Å². The fourth-order valence-corrected chi connectivity index (χ4v) is 14.6. The van der Waals surface area contributed by atoms with Crippen molar-refractivity contribution in [1.29, 1.82) is 0 Å². The molecule has 0 spiro atoms. The van der Waals surface area contributed by atoms with E-state index >= 15 is 0 Å². The van der Waals surface area contributed by atoms with E-state index in [0.29, 0.717) is 36.6 Å². The van der Waals surface area contributed by atoms with Crippen molar-refractivity contribution in [2.75, 3.05) is 13.7 Å². The number of hydrogen-bond donors (Lipinski definition) is 4. The summed E-state index contributed by atoms with van der Waals surface area (Å²) in [5, 5.41) is 15.7. The molecule has 5 N–H and O–H groups in total. The van der Waals surface area contributed by atoms with Crippen LogP contribution < -0.4 is 16.4 Å². The van der Waals surface area contributed by atoms with E-state index in [1.165, 1.54) is 12.7 Å². The first kappa shape index (κ1) is 49.6. The van der Waals surface area contributed by atoms with Crippen LogP contribution in [0.3, 0.4) is 0 Å². The Kier molecular flexibility index (Phi) is 15.2. The molecule has 0 aromatic rings. The zero-order valence-corrected chi connectivity index (χ0v) is 39.7. The number of rotatable bonds is 19. The van der Waals surface area contributed by atoms with Crippen LogP contribution in [0.2, 0.25) is 0 Å². The van der Waals surface area contributed by atoms with E-state index in [-0.39, 0.29) is 76.6 Å². The van der Waals surface area contributed by atoms with Gasteiger partial charge >= 0.3 is 17.9 Å². The van der Waals surface area contributed by atoms with Gasteiger partial charge in [0.15, 0.2) is 0 Å². The van der Waals surface area contributed by atoms with Crippen LogP contribution in [0.1, 0.15) is 177 Å². The number of nitrogens with two attached hydrogens (primary N) is 1. The number of primary amides is 1. The van der Waals surface area contributed by atoms with E-state index < -0.39 is 35.3 Å². The van der Waals surface area contributed by atoms with Crippen LogP contribution >= 0.6 is 0 Å². The number of hydrogen-bond acceptors (Lipinski definition) is 8. The van der Waals surface area contributed by atoms with Crippen molar-refractivity contribution in [3.05, 3.63) is 12.2 Å². The van der Waals surface area contributed by atoms with Crippen molar-refractivity contribution in [2.24, 2.45) is 67.8 Å². The average Bonchev–Trinajstić information content (AvgIpc) is 3.59. The predicted octanol–water partition coefficient (Wildman–Crippen LogP) is 8.44. The second-order valence-corrected chi connectivity index (χ2v) is 22.5. The molecule has 0 bridgehead atoms. The van der Waals surface area contributed by atoms with Crippen LogP contribution in [0, 0.1) is 62.1 Å². The highest BCUT2D eigenvalue weighted by Gasteiger charge is 2.72. The van der Waals surface area contributed by atoms with Crippen LogP contribution in [-0.2, 0) is 38.2 Å². The number of ether oxygens (including phenoxy) is 2. The summed E-state index contributed by atoms with van der Waals surface area (Å²) >= 11 is 0. The topological polar surface area (TPSA) is 191 Å². The SMILES string of the molecule is C=C(C)[C@@H]1CC[C@]2(C(=O)NCCCCCCCC(=O)N[C@H](CCC(N)=O)C(=O)OC)CC[C@]3(C)[C@H](CC[C@@H]4[C@@]5(C)CC[C@H](OC(=O)CC(C)(C)C(=O)O)C(C)(C)[C@@H]5CC[C@]43C)[C@@H]12. The van der Waals surface area contributed by atoms with Crippen LogP contribution in [0.4, 0.5) is 0 Å². The molecule has 0 aromatic carbocycles.